The molecule has 6 nitrogen and oxygen atoms in total. The Kier molecular flexibility index (Phi) is 8.50. The average molecular weight is 479 g/mol. The molecule has 7 heteroatoms. The van der Waals surface area contributed by atoms with E-state index in [4.69, 9.17) is 21.1 Å². The first kappa shape index (κ1) is 25.1. The van der Waals surface area contributed by atoms with Crippen molar-refractivity contribution in [2.24, 2.45) is 0 Å². The van der Waals surface area contributed by atoms with Crippen molar-refractivity contribution >= 4 is 29.5 Å². The van der Waals surface area contributed by atoms with Gasteiger partial charge in [-0.2, -0.15) is 5.26 Å². The van der Waals surface area contributed by atoms with Gasteiger partial charge in [0.15, 0.2) is 11.5 Å². The van der Waals surface area contributed by atoms with E-state index in [1.54, 1.807) is 56.5 Å². The molecule has 0 bridgehead atoms. The Morgan fingerprint density at radius 3 is 2.53 bits per heavy atom. The van der Waals surface area contributed by atoms with Crippen LogP contribution in [0.1, 0.15) is 44.2 Å². The van der Waals surface area contributed by atoms with Gasteiger partial charge in [0.2, 0.25) is 0 Å². The third-order valence-electron chi connectivity index (χ3n) is 5.62. The van der Waals surface area contributed by atoms with Crippen LogP contribution < -0.4 is 9.47 Å². The van der Waals surface area contributed by atoms with Gasteiger partial charge in [0, 0.05) is 10.6 Å². The first-order valence-corrected chi connectivity index (χ1v) is 11.5. The summed E-state index contributed by atoms with van der Waals surface area (Å²) in [5.41, 5.74) is 1.84. The molecule has 0 aromatic heterocycles. The van der Waals surface area contributed by atoms with Crippen LogP contribution in [0.15, 0.2) is 59.2 Å². The Bertz CT molecular complexity index is 1190. The van der Waals surface area contributed by atoms with Crippen LogP contribution in [0.2, 0.25) is 5.02 Å². The number of nitriles is 1. The van der Waals surface area contributed by atoms with Gasteiger partial charge < -0.3 is 9.47 Å². The molecule has 3 rings (SSSR count). The molecule has 0 saturated heterocycles. The van der Waals surface area contributed by atoms with Gasteiger partial charge in [0.25, 0.3) is 11.8 Å². The maximum atomic E-state index is 13.3. The van der Waals surface area contributed by atoms with Crippen molar-refractivity contribution in [2.75, 3.05) is 13.7 Å². The van der Waals surface area contributed by atoms with E-state index in [1.165, 1.54) is 0 Å². The second kappa shape index (κ2) is 11.5. The van der Waals surface area contributed by atoms with E-state index in [9.17, 15) is 14.9 Å². The van der Waals surface area contributed by atoms with Crippen molar-refractivity contribution < 1.29 is 19.1 Å². The zero-order chi connectivity index (χ0) is 24.7. The normalized spacial score (nSPS) is 15.0. The van der Waals surface area contributed by atoms with Gasteiger partial charge in [0.1, 0.15) is 11.6 Å². The molecule has 0 radical (unpaired) electrons. The highest BCUT2D eigenvalue weighted by Gasteiger charge is 2.35. The predicted octanol–water partition coefficient (Wildman–Crippen LogP) is 5.71. The first-order chi connectivity index (χ1) is 16.4. The van der Waals surface area contributed by atoms with Crippen LogP contribution in [-0.2, 0) is 16.1 Å². The lowest BCUT2D eigenvalue weighted by molar-refractivity contribution is -0.141. The summed E-state index contributed by atoms with van der Waals surface area (Å²) in [4.78, 5) is 27.3. The fourth-order valence-corrected chi connectivity index (χ4v) is 3.86. The molecule has 0 spiro atoms. The monoisotopic (exact) mass is 478 g/mol. The number of halogens is 1. The highest BCUT2D eigenvalue weighted by Crippen LogP contribution is 2.32. The molecule has 1 aliphatic heterocycles. The van der Waals surface area contributed by atoms with Crippen molar-refractivity contribution in [1.82, 2.24) is 4.90 Å². The summed E-state index contributed by atoms with van der Waals surface area (Å²) in [6.07, 6.45) is 4.81. The van der Waals surface area contributed by atoms with Gasteiger partial charge in [-0.3, -0.25) is 14.5 Å². The van der Waals surface area contributed by atoms with Gasteiger partial charge in [-0.15, -0.1) is 0 Å². The van der Waals surface area contributed by atoms with Crippen LogP contribution in [0, 0.1) is 11.3 Å². The highest BCUT2D eigenvalue weighted by atomic mass is 35.5. The molecule has 2 aromatic rings. The minimum atomic E-state index is -0.629. The maximum absolute atomic E-state index is 13.3. The van der Waals surface area contributed by atoms with Crippen molar-refractivity contribution in [2.45, 2.75) is 39.7 Å². The Labute approximate surface area is 205 Å². The molecular weight excluding hydrogens is 452 g/mol. The number of hydrogen-bond donors (Lipinski definition) is 0. The van der Waals surface area contributed by atoms with Crippen LogP contribution in [-0.4, -0.2) is 30.4 Å². The molecule has 34 heavy (non-hydrogen) atoms. The van der Waals surface area contributed by atoms with Crippen molar-refractivity contribution in [1.29, 1.82) is 5.26 Å². The fourth-order valence-electron chi connectivity index (χ4n) is 3.66. The summed E-state index contributed by atoms with van der Waals surface area (Å²) >= 11 is 6.24. The van der Waals surface area contributed by atoms with Gasteiger partial charge in [-0.1, -0.05) is 55.6 Å². The molecule has 0 unspecified atom stereocenters. The van der Waals surface area contributed by atoms with E-state index >= 15 is 0 Å². The second-order valence-electron chi connectivity index (χ2n) is 7.92. The lowest BCUT2D eigenvalue weighted by atomic mass is 9.93. The number of hydrogen-bond acceptors (Lipinski definition) is 5. The van der Waals surface area contributed by atoms with Gasteiger partial charge >= 0.3 is 0 Å². The molecule has 1 aliphatic rings. The standard InChI is InChI=1S/C27H27ClN2O4/c1-4-5-8-13-34-24-12-11-19(15-25(24)33-3)14-21-18(2)22(16-29)27(32)30(26(21)31)17-20-9-6-7-10-23(20)28/h6-7,9-12,14-15H,4-5,8,13,17H2,1-3H3/b21-14+. The molecular formula is C27H27ClN2O4. The summed E-state index contributed by atoms with van der Waals surface area (Å²) in [5, 5.41) is 10.1. The molecule has 0 saturated carbocycles. The Balaban J connectivity index is 1.95. The summed E-state index contributed by atoms with van der Waals surface area (Å²) in [7, 11) is 1.56. The fraction of sp³-hybridized carbons (Fsp3) is 0.296. The quantitative estimate of drug-likeness (QED) is 0.262. The minimum Gasteiger partial charge on any atom is -0.493 e. The Morgan fingerprint density at radius 1 is 1.09 bits per heavy atom. The molecule has 176 valence electrons. The second-order valence-corrected chi connectivity index (χ2v) is 8.33. The summed E-state index contributed by atoms with van der Waals surface area (Å²) in [6.45, 7) is 4.30. The third-order valence-corrected chi connectivity index (χ3v) is 5.98. The third kappa shape index (κ3) is 5.49. The average Bonchev–Trinajstić information content (AvgIpc) is 2.84. The summed E-state index contributed by atoms with van der Waals surface area (Å²) in [6, 6.07) is 14.3. The number of benzene rings is 2. The molecule has 0 atom stereocenters. The van der Waals surface area contributed by atoms with E-state index in [1.807, 2.05) is 12.1 Å². The molecule has 0 fully saturated rings. The van der Waals surface area contributed by atoms with Crippen LogP contribution in [0.25, 0.3) is 6.08 Å². The number of rotatable bonds is 9. The van der Waals surface area contributed by atoms with Gasteiger partial charge in [-0.05, 0) is 54.3 Å². The van der Waals surface area contributed by atoms with Crippen LogP contribution in [0.5, 0.6) is 11.5 Å². The van der Waals surface area contributed by atoms with Crippen molar-refractivity contribution in [3.63, 3.8) is 0 Å². The Morgan fingerprint density at radius 2 is 1.85 bits per heavy atom. The van der Waals surface area contributed by atoms with Gasteiger partial charge in [-0.25, -0.2) is 0 Å². The maximum Gasteiger partial charge on any atom is 0.271 e. The van der Waals surface area contributed by atoms with E-state index in [2.05, 4.69) is 6.92 Å². The smallest absolute Gasteiger partial charge is 0.271 e. The Hall–Kier alpha value is -3.56. The first-order valence-electron chi connectivity index (χ1n) is 11.1. The zero-order valence-electron chi connectivity index (χ0n) is 19.6. The lowest BCUT2D eigenvalue weighted by Gasteiger charge is -2.27. The van der Waals surface area contributed by atoms with E-state index in [0.717, 1.165) is 24.2 Å². The summed E-state index contributed by atoms with van der Waals surface area (Å²) in [5.74, 6) is 0.0484. The molecule has 0 N–H and O–H groups in total. The number of imide groups is 1. The number of carbonyl (C=O) groups is 2. The molecule has 2 aromatic carbocycles. The topological polar surface area (TPSA) is 79.6 Å². The summed E-state index contributed by atoms with van der Waals surface area (Å²) < 4.78 is 11.3. The van der Waals surface area contributed by atoms with E-state index < -0.39 is 11.8 Å². The predicted molar refractivity (Wildman–Crippen MR) is 131 cm³/mol. The number of unbranched alkanes of at least 4 members (excludes halogenated alkanes) is 2. The highest BCUT2D eigenvalue weighted by molar-refractivity contribution is 6.31. The van der Waals surface area contributed by atoms with E-state index in [0.29, 0.717) is 39.8 Å². The number of nitrogens with zero attached hydrogens (tertiary/aromatic N) is 2. The molecule has 0 aliphatic carbocycles. The molecule has 1 heterocycles. The number of methoxy groups -OCH3 is 1. The minimum absolute atomic E-state index is 0.0268. The van der Waals surface area contributed by atoms with Crippen LogP contribution in [0.4, 0.5) is 0 Å². The number of ether oxygens (including phenoxy) is 2. The molecule has 2 amide bonds. The largest absolute Gasteiger partial charge is 0.493 e. The SMILES string of the molecule is CCCCCOc1ccc(/C=C2/C(=O)N(Cc3ccccc3Cl)C(=O)C(C#N)=C2C)cc1OC. The van der Waals surface area contributed by atoms with Crippen LogP contribution >= 0.6 is 11.6 Å². The lowest BCUT2D eigenvalue weighted by Crippen LogP contribution is -2.42. The van der Waals surface area contributed by atoms with Gasteiger partial charge in [0.05, 0.1) is 20.3 Å². The van der Waals surface area contributed by atoms with Crippen LogP contribution in [0.3, 0.4) is 0 Å². The number of amides is 2. The zero-order valence-corrected chi connectivity index (χ0v) is 20.3. The van der Waals surface area contributed by atoms with Crippen molar-refractivity contribution in [3.05, 3.63) is 75.3 Å². The van der Waals surface area contributed by atoms with E-state index in [-0.39, 0.29) is 17.7 Å². The number of carbonyl (C=O) groups excluding carboxylic acids is 2. The van der Waals surface area contributed by atoms with Crippen molar-refractivity contribution in [3.8, 4) is 17.6 Å².